The van der Waals surface area contributed by atoms with Crippen LogP contribution in [0.3, 0.4) is 0 Å². The molecule has 0 saturated carbocycles. The van der Waals surface area contributed by atoms with Gasteiger partial charge in [-0.1, -0.05) is 36.7 Å². The fourth-order valence-corrected chi connectivity index (χ4v) is 2.88. The molecule has 1 fully saturated rings. The maximum Gasteiger partial charge on any atom is 0.124 e. The summed E-state index contributed by atoms with van der Waals surface area (Å²) in [5, 5.41) is 13.9. The van der Waals surface area contributed by atoms with Gasteiger partial charge in [0, 0.05) is 21.6 Å². The average Bonchev–Trinajstić information content (AvgIpc) is 2.72. The van der Waals surface area contributed by atoms with Gasteiger partial charge in [0.05, 0.1) is 0 Å². The largest absolute Gasteiger partial charge is 0.507 e. The zero-order chi connectivity index (χ0) is 12.6. The van der Waals surface area contributed by atoms with Gasteiger partial charge in [-0.3, -0.25) is 0 Å². The standard InChI is InChI=1S/C14H20BrNO/c1-14(2,3)11-8-9(15)7-10(13(11)17)12-5-4-6-16-12/h7-8,12,16-17H,4-6H2,1-3H3. The van der Waals surface area contributed by atoms with Gasteiger partial charge in [-0.15, -0.1) is 0 Å². The van der Waals surface area contributed by atoms with Crippen LogP contribution in [0.1, 0.15) is 50.8 Å². The van der Waals surface area contributed by atoms with E-state index in [1.54, 1.807) is 0 Å². The van der Waals surface area contributed by atoms with Gasteiger partial charge in [0.2, 0.25) is 0 Å². The van der Waals surface area contributed by atoms with Gasteiger partial charge >= 0.3 is 0 Å². The Morgan fingerprint density at radius 3 is 2.59 bits per heavy atom. The first-order valence-corrected chi connectivity index (χ1v) is 6.95. The lowest BCUT2D eigenvalue weighted by Gasteiger charge is -2.24. The first kappa shape index (κ1) is 12.9. The summed E-state index contributed by atoms with van der Waals surface area (Å²) in [6, 6.07) is 4.36. The van der Waals surface area contributed by atoms with E-state index < -0.39 is 0 Å². The molecule has 0 aromatic heterocycles. The number of nitrogens with one attached hydrogen (secondary N) is 1. The molecule has 0 spiro atoms. The van der Waals surface area contributed by atoms with Crippen LogP contribution >= 0.6 is 15.9 Å². The van der Waals surface area contributed by atoms with Gasteiger partial charge in [0.1, 0.15) is 5.75 Å². The van der Waals surface area contributed by atoms with E-state index in [0.717, 1.165) is 28.6 Å². The van der Waals surface area contributed by atoms with Crippen LogP contribution in [-0.2, 0) is 5.41 Å². The van der Waals surface area contributed by atoms with Crippen LogP contribution in [0.15, 0.2) is 16.6 Å². The summed E-state index contributed by atoms with van der Waals surface area (Å²) >= 11 is 3.55. The van der Waals surface area contributed by atoms with E-state index in [2.05, 4.69) is 42.0 Å². The van der Waals surface area contributed by atoms with Crippen LogP contribution in [0.4, 0.5) is 0 Å². The van der Waals surface area contributed by atoms with Crippen LogP contribution in [0.2, 0.25) is 0 Å². The van der Waals surface area contributed by atoms with Gasteiger partial charge in [-0.25, -0.2) is 0 Å². The van der Waals surface area contributed by atoms with Crippen molar-refractivity contribution in [2.24, 2.45) is 0 Å². The van der Waals surface area contributed by atoms with Crippen molar-refractivity contribution in [1.29, 1.82) is 0 Å². The fourth-order valence-electron chi connectivity index (χ4n) is 2.41. The molecule has 0 radical (unpaired) electrons. The van der Waals surface area contributed by atoms with E-state index in [0.29, 0.717) is 11.8 Å². The average molecular weight is 298 g/mol. The second-order valence-electron chi connectivity index (χ2n) is 5.79. The Balaban J connectivity index is 2.49. The summed E-state index contributed by atoms with van der Waals surface area (Å²) < 4.78 is 1.05. The number of hydrogen-bond donors (Lipinski definition) is 2. The Morgan fingerprint density at radius 2 is 2.06 bits per heavy atom. The highest BCUT2D eigenvalue weighted by molar-refractivity contribution is 9.10. The monoisotopic (exact) mass is 297 g/mol. The summed E-state index contributed by atoms with van der Waals surface area (Å²) in [4.78, 5) is 0. The first-order chi connectivity index (χ1) is 7.89. The molecule has 1 heterocycles. The van der Waals surface area contributed by atoms with Crippen LogP contribution in [0, 0.1) is 0 Å². The van der Waals surface area contributed by atoms with Gasteiger partial charge in [0.15, 0.2) is 0 Å². The third kappa shape index (κ3) is 2.66. The van der Waals surface area contributed by atoms with Crippen molar-refractivity contribution in [2.45, 2.75) is 45.1 Å². The van der Waals surface area contributed by atoms with E-state index in [1.165, 1.54) is 6.42 Å². The van der Waals surface area contributed by atoms with Crippen LogP contribution in [-0.4, -0.2) is 11.7 Å². The van der Waals surface area contributed by atoms with E-state index in [-0.39, 0.29) is 5.41 Å². The molecule has 0 bridgehead atoms. The summed E-state index contributed by atoms with van der Waals surface area (Å²) in [7, 11) is 0. The maximum atomic E-state index is 10.4. The molecule has 2 rings (SSSR count). The smallest absolute Gasteiger partial charge is 0.124 e. The van der Waals surface area contributed by atoms with Gasteiger partial charge < -0.3 is 10.4 Å². The summed E-state index contributed by atoms with van der Waals surface area (Å²) in [5.74, 6) is 0.458. The number of rotatable bonds is 1. The molecule has 0 aliphatic carbocycles. The highest BCUT2D eigenvalue weighted by Gasteiger charge is 2.25. The molecule has 1 aromatic carbocycles. The SMILES string of the molecule is CC(C)(C)c1cc(Br)cc(C2CCCN2)c1O. The van der Waals surface area contributed by atoms with E-state index in [9.17, 15) is 5.11 Å². The normalized spacial score (nSPS) is 20.8. The van der Waals surface area contributed by atoms with Crippen molar-refractivity contribution in [2.75, 3.05) is 6.54 Å². The molecule has 1 saturated heterocycles. The molecule has 2 N–H and O–H groups in total. The van der Waals surface area contributed by atoms with E-state index in [1.807, 2.05) is 12.1 Å². The molecular formula is C14H20BrNO. The number of halogens is 1. The molecule has 1 atom stereocenters. The Bertz CT molecular complexity index is 417. The lowest BCUT2D eigenvalue weighted by Crippen LogP contribution is -2.16. The summed E-state index contributed by atoms with van der Waals surface area (Å²) in [6.07, 6.45) is 2.29. The molecule has 3 heteroatoms. The highest BCUT2D eigenvalue weighted by atomic mass is 79.9. The topological polar surface area (TPSA) is 32.3 Å². The predicted octanol–water partition coefficient (Wildman–Crippen LogP) is 3.88. The molecule has 1 aromatic rings. The fraction of sp³-hybridized carbons (Fsp3) is 0.571. The molecule has 1 aliphatic rings. The van der Waals surface area contributed by atoms with Crippen LogP contribution in [0.25, 0.3) is 0 Å². The second-order valence-corrected chi connectivity index (χ2v) is 6.71. The molecule has 1 unspecified atom stereocenters. The van der Waals surface area contributed by atoms with Crippen molar-refractivity contribution < 1.29 is 5.11 Å². The quantitative estimate of drug-likeness (QED) is 0.824. The third-order valence-corrected chi connectivity index (χ3v) is 3.81. The van der Waals surface area contributed by atoms with Crippen molar-refractivity contribution in [3.63, 3.8) is 0 Å². The van der Waals surface area contributed by atoms with Gasteiger partial charge in [-0.2, -0.15) is 0 Å². The minimum Gasteiger partial charge on any atom is -0.507 e. The number of phenolic OH excluding ortho intramolecular Hbond substituents is 1. The molecule has 1 aliphatic heterocycles. The molecule has 17 heavy (non-hydrogen) atoms. The Labute approximate surface area is 112 Å². The Morgan fingerprint density at radius 1 is 1.35 bits per heavy atom. The number of aromatic hydroxyl groups is 1. The zero-order valence-corrected chi connectivity index (χ0v) is 12.3. The van der Waals surface area contributed by atoms with Crippen LogP contribution < -0.4 is 5.32 Å². The number of phenols is 1. The van der Waals surface area contributed by atoms with Crippen molar-refractivity contribution in [3.05, 3.63) is 27.7 Å². The lowest BCUT2D eigenvalue weighted by atomic mass is 9.84. The maximum absolute atomic E-state index is 10.4. The third-order valence-electron chi connectivity index (χ3n) is 3.35. The van der Waals surface area contributed by atoms with Crippen molar-refractivity contribution in [1.82, 2.24) is 5.32 Å². The second kappa shape index (κ2) is 4.62. The zero-order valence-electron chi connectivity index (χ0n) is 10.7. The Kier molecular flexibility index (Phi) is 3.50. The highest BCUT2D eigenvalue weighted by Crippen LogP contribution is 2.40. The van der Waals surface area contributed by atoms with Gasteiger partial charge in [0.25, 0.3) is 0 Å². The Hall–Kier alpha value is -0.540. The van der Waals surface area contributed by atoms with Crippen LogP contribution in [0.5, 0.6) is 5.75 Å². The van der Waals surface area contributed by atoms with Crippen molar-refractivity contribution >= 4 is 15.9 Å². The summed E-state index contributed by atoms with van der Waals surface area (Å²) in [5.41, 5.74) is 2.00. The summed E-state index contributed by atoms with van der Waals surface area (Å²) in [6.45, 7) is 7.42. The molecule has 2 nitrogen and oxygen atoms in total. The van der Waals surface area contributed by atoms with E-state index in [4.69, 9.17) is 0 Å². The number of hydrogen-bond acceptors (Lipinski definition) is 2. The minimum absolute atomic E-state index is 0.0405. The van der Waals surface area contributed by atoms with Crippen molar-refractivity contribution in [3.8, 4) is 5.75 Å². The molecule has 94 valence electrons. The van der Waals surface area contributed by atoms with E-state index >= 15 is 0 Å². The first-order valence-electron chi connectivity index (χ1n) is 6.16. The molecule has 0 amide bonds. The number of benzene rings is 1. The van der Waals surface area contributed by atoms with Gasteiger partial charge in [-0.05, 0) is 36.9 Å². The predicted molar refractivity (Wildman–Crippen MR) is 74.5 cm³/mol. The molecular weight excluding hydrogens is 278 g/mol. The lowest BCUT2D eigenvalue weighted by molar-refractivity contribution is 0.431. The minimum atomic E-state index is -0.0405.